The summed E-state index contributed by atoms with van der Waals surface area (Å²) in [6.45, 7) is 1.74. The molecule has 0 unspecified atom stereocenters. The Morgan fingerprint density at radius 3 is 2.94 bits per heavy atom. The molecule has 6 heteroatoms. The molecular formula is C12H17N3O2S. The van der Waals surface area contributed by atoms with Gasteiger partial charge in [-0.2, -0.15) is 0 Å². The average Bonchev–Trinajstić information content (AvgIpc) is 3.03. The quantitative estimate of drug-likeness (QED) is 0.842. The molecule has 1 heterocycles. The molecule has 2 aliphatic carbocycles. The Morgan fingerprint density at radius 1 is 1.44 bits per heavy atom. The molecule has 1 N–H and O–H groups in total. The van der Waals surface area contributed by atoms with Crippen molar-refractivity contribution in [3.8, 4) is 0 Å². The molecule has 0 saturated heterocycles. The summed E-state index contributed by atoms with van der Waals surface area (Å²) in [6.07, 6.45) is 5.11. The van der Waals surface area contributed by atoms with Crippen LogP contribution in [0.3, 0.4) is 0 Å². The molecule has 1 amide bonds. The minimum Gasteiger partial charge on any atom is -0.416 e. The fraction of sp³-hybridized carbons (Fsp3) is 0.750. The first-order chi connectivity index (χ1) is 8.70. The number of aromatic nitrogens is 2. The van der Waals surface area contributed by atoms with Gasteiger partial charge in [-0.15, -0.1) is 10.2 Å². The number of fused-ring (bicyclic) bond motifs is 2. The Bertz CT molecular complexity index is 448. The Labute approximate surface area is 110 Å². The molecule has 0 aromatic carbocycles. The molecule has 0 aliphatic heterocycles. The fourth-order valence-corrected chi connectivity index (χ4v) is 3.75. The van der Waals surface area contributed by atoms with Crippen LogP contribution in [-0.2, 0) is 4.79 Å². The topological polar surface area (TPSA) is 68.0 Å². The second kappa shape index (κ2) is 4.91. The Kier molecular flexibility index (Phi) is 3.28. The normalized spacial score (nSPS) is 29.7. The van der Waals surface area contributed by atoms with E-state index in [9.17, 15) is 4.79 Å². The predicted octanol–water partition coefficient (Wildman–Crippen LogP) is 1.77. The van der Waals surface area contributed by atoms with Gasteiger partial charge in [-0.25, -0.2) is 0 Å². The van der Waals surface area contributed by atoms with Gasteiger partial charge in [0, 0.05) is 13.0 Å². The third-order valence-corrected chi connectivity index (χ3v) is 4.74. The lowest BCUT2D eigenvalue weighted by Gasteiger charge is -2.22. The van der Waals surface area contributed by atoms with Crippen molar-refractivity contribution in [1.82, 2.24) is 15.5 Å². The first kappa shape index (κ1) is 12.0. The highest BCUT2D eigenvalue weighted by molar-refractivity contribution is 7.99. The van der Waals surface area contributed by atoms with Crippen molar-refractivity contribution in [2.45, 2.75) is 43.9 Å². The number of carbonyl (C=O) groups excluding carboxylic acids is 1. The maximum Gasteiger partial charge on any atom is 0.277 e. The van der Waals surface area contributed by atoms with Crippen molar-refractivity contribution in [3.63, 3.8) is 0 Å². The molecule has 3 rings (SSSR count). The van der Waals surface area contributed by atoms with Crippen molar-refractivity contribution in [2.24, 2.45) is 11.8 Å². The van der Waals surface area contributed by atoms with E-state index in [2.05, 4.69) is 15.5 Å². The Balaban J connectivity index is 1.45. The van der Waals surface area contributed by atoms with Crippen LogP contribution < -0.4 is 5.32 Å². The molecule has 18 heavy (non-hydrogen) atoms. The van der Waals surface area contributed by atoms with Gasteiger partial charge in [-0.05, 0) is 31.1 Å². The molecule has 0 radical (unpaired) electrons. The van der Waals surface area contributed by atoms with Gasteiger partial charge in [-0.1, -0.05) is 18.2 Å². The predicted molar refractivity (Wildman–Crippen MR) is 67.1 cm³/mol. The largest absolute Gasteiger partial charge is 0.416 e. The summed E-state index contributed by atoms with van der Waals surface area (Å²) < 4.78 is 5.21. The van der Waals surface area contributed by atoms with Crippen molar-refractivity contribution < 1.29 is 9.21 Å². The van der Waals surface area contributed by atoms with E-state index in [1.54, 1.807) is 6.92 Å². The number of aryl methyl sites for hydroxylation is 1. The standard InChI is InChI=1S/C12H17N3O2S/c1-7-14-15-12(17-7)18-6-11(16)13-10-5-8-2-3-9(10)4-8/h8-10H,2-6H2,1H3,(H,13,16)/t8-,9-,10+/m0/s1. The Morgan fingerprint density at radius 2 is 2.33 bits per heavy atom. The van der Waals surface area contributed by atoms with Gasteiger partial charge in [0.2, 0.25) is 11.8 Å². The van der Waals surface area contributed by atoms with Crippen LogP contribution in [-0.4, -0.2) is 27.9 Å². The van der Waals surface area contributed by atoms with Crippen LogP contribution in [0.15, 0.2) is 9.64 Å². The highest BCUT2D eigenvalue weighted by atomic mass is 32.2. The van der Waals surface area contributed by atoms with E-state index in [0.29, 0.717) is 22.9 Å². The average molecular weight is 267 g/mol. The number of amides is 1. The van der Waals surface area contributed by atoms with Crippen molar-refractivity contribution in [1.29, 1.82) is 0 Å². The van der Waals surface area contributed by atoms with E-state index in [1.807, 2.05) is 0 Å². The third kappa shape index (κ3) is 2.53. The summed E-state index contributed by atoms with van der Waals surface area (Å²) in [7, 11) is 0. The molecule has 1 aromatic heterocycles. The summed E-state index contributed by atoms with van der Waals surface area (Å²) >= 11 is 1.30. The third-order valence-electron chi connectivity index (χ3n) is 3.92. The van der Waals surface area contributed by atoms with E-state index >= 15 is 0 Å². The number of carbonyl (C=O) groups is 1. The van der Waals surface area contributed by atoms with E-state index < -0.39 is 0 Å². The first-order valence-corrected chi connectivity index (χ1v) is 7.41. The maximum absolute atomic E-state index is 11.8. The number of nitrogens with zero attached hydrogens (tertiary/aromatic N) is 2. The van der Waals surface area contributed by atoms with Crippen LogP contribution in [0.4, 0.5) is 0 Å². The van der Waals surface area contributed by atoms with Gasteiger partial charge in [0.25, 0.3) is 5.22 Å². The number of thioether (sulfide) groups is 1. The molecule has 2 fully saturated rings. The summed E-state index contributed by atoms with van der Waals surface area (Å²) in [5.74, 6) is 2.54. The minimum absolute atomic E-state index is 0.0772. The molecule has 2 bridgehead atoms. The highest BCUT2D eigenvalue weighted by Gasteiger charge is 2.39. The summed E-state index contributed by atoms with van der Waals surface area (Å²) in [4.78, 5) is 11.8. The second-order valence-electron chi connectivity index (χ2n) is 5.22. The van der Waals surface area contributed by atoms with Crippen LogP contribution >= 0.6 is 11.8 Å². The molecule has 2 saturated carbocycles. The van der Waals surface area contributed by atoms with Gasteiger partial charge in [0.1, 0.15) is 0 Å². The number of rotatable bonds is 4. The monoisotopic (exact) mass is 267 g/mol. The molecular weight excluding hydrogens is 250 g/mol. The molecule has 0 spiro atoms. The van der Waals surface area contributed by atoms with Crippen LogP contribution in [0.2, 0.25) is 0 Å². The number of hydrogen-bond donors (Lipinski definition) is 1. The smallest absolute Gasteiger partial charge is 0.277 e. The molecule has 1 aromatic rings. The van der Waals surface area contributed by atoms with E-state index in [-0.39, 0.29) is 5.91 Å². The van der Waals surface area contributed by atoms with Crippen molar-refractivity contribution >= 4 is 17.7 Å². The van der Waals surface area contributed by atoms with Gasteiger partial charge in [0.15, 0.2) is 0 Å². The number of hydrogen-bond acceptors (Lipinski definition) is 5. The first-order valence-electron chi connectivity index (χ1n) is 6.43. The number of nitrogens with one attached hydrogen (secondary N) is 1. The molecule has 3 atom stereocenters. The second-order valence-corrected chi connectivity index (χ2v) is 6.15. The minimum atomic E-state index is 0.0772. The molecule has 5 nitrogen and oxygen atoms in total. The summed E-state index contributed by atoms with van der Waals surface area (Å²) in [5, 5.41) is 11.2. The van der Waals surface area contributed by atoms with Crippen LogP contribution in [0.1, 0.15) is 31.6 Å². The van der Waals surface area contributed by atoms with Crippen molar-refractivity contribution in [2.75, 3.05) is 5.75 Å². The van der Waals surface area contributed by atoms with Gasteiger partial charge in [0.05, 0.1) is 5.75 Å². The van der Waals surface area contributed by atoms with Crippen molar-refractivity contribution in [3.05, 3.63) is 5.89 Å². The lowest BCUT2D eigenvalue weighted by Crippen LogP contribution is -2.39. The Hall–Kier alpha value is -1.04. The lowest BCUT2D eigenvalue weighted by molar-refractivity contribution is -0.119. The van der Waals surface area contributed by atoms with Gasteiger partial charge < -0.3 is 9.73 Å². The van der Waals surface area contributed by atoms with E-state index in [0.717, 1.165) is 11.8 Å². The zero-order chi connectivity index (χ0) is 12.5. The van der Waals surface area contributed by atoms with E-state index in [1.165, 1.54) is 37.4 Å². The summed E-state index contributed by atoms with van der Waals surface area (Å²) in [6, 6.07) is 0.404. The zero-order valence-corrected chi connectivity index (χ0v) is 11.2. The zero-order valence-electron chi connectivity index (χ0n) is 10.4. The van der Waals surface area contributed by atoms with Crippen LogP contribution in [0, 0.1) is 18.8 Å². The summed E-state index contributed by atoms with van der Waals surface area (Å²) in [5.41, 5.74) is 0. The lowest BCUT2D eigenvalue weighted by atomic mass is 9.95. The molecule has 98 valence electrons. The molecule has 2 aliphatic rings. The van der Waals surface area contributed by atoms with Crippen LogP contribution in [0.25, 0.3) is 0 Å². The SMILES string of the molecule is Cc1nnc(SCC(=O)N[C@@H]2C[C@H]3CC[C@H]2C3)o1. The van der Waals surface area contributed by atoms with E-state index in [4.69, 9.17) is 4.42 Å². The van der Waals surface area contributed by atoms with Gasteiger partial charge >= 0.3 is 0 Å². The fourth-order valence-electron chi connectivity index (χ4n) is 3.13. The maximum atomic E-state index is 11.8. The van der Waals surface area contributed by atoms with Gasteiger partial charge in [-0.3, -0.25) is 4.79 Å². The van der Waals surface area contributed by atoms with Crippen LogP contribution in [0.5, 0.6) is 0 Å². The highest BCUT2D eigenvalue weighted by Crippen LogP contribution is 2.44.